The molecule has 4 N–H and O–H groups in total. The lowest BCUT2D eigenvalue weighted by molar-refractivity contribution is -0.385. The van der Waals surface area contributed by atoms with E-state index in [1.165, 1.54) is 6.07 Å². The zero-order chi connectivity index (χ0) is 19.2. The van der Waals surface area contributed by atoms with Crippen LogP contribution in [-0.2, 0) is 0 Å². The van der Waals surface area contributed by atoms with Crippen molar-refractivity contribution in [2.75, 3.05) is 11.1 Å². The van der Waals surface area contributed by atoms with E-state index in [2.05, 4.69) is 5.32 Å². The summed E-state index contributed by atoms with van der Waals surface area (Å²) < 4.78 is 0. The van der Waals surface area contributed by atoms with Crippen LogP contribution in [0.5, 0.6) is 5.75 Å². The minimum absolute atomic E-state index is 0.0192. The highest BCUT2D eigenvalue weighted by atomic mass is 16.6. The molecule has 0 radical (unpaired) electrons. The second-order valence-electron chi connectivity index (χ2n) is 6.18. The number of nitrogen functional groups attached to an aromatic ring is 1. The molecule has 0 unspecified atom stereocenters. The molecule has 0 saturated carbocycles. The Morgan fingerprint density at radius 3 is 2.38 bits per heavy atom. The van der Waals surface area contributed by atoms with Crippen molar-refractivity contribution in [1.29, 1.82) is 0 Å². The van der Waals surface area contributed by atoms with E-state index in [1.807, 2.05) is 13.8 Å². The van der Waals surface area contributed by atoms with Crippen molar-refractivity contribution in [2.45, 2.75) is 26.3 Å². The second kappa shape index (κ2) is 6.14. The van der Waals surface area contributed by atoms with Crippen molar-refractivity contribution in [3.8, 4) is 5.75 Å². The summed E-state index contributed by atoms with van der Waals surface area (Å²) in [7, 11) is 0. The number of carbonyl (C=O) groups excluding carboxylic acids is 2. The van der Waals surface area contributed by atoms with Crippen LogP contribution in [-0.4, -0.2) is 27.6 Å². The molecule has 8 heteroatoms. The topological polar surface area (TPSA) is 136 Å². The Labute approximate surface area is 148 Å². The predicted molar refractivity (Wildman–Crippen MR) is 95.9 cm³/mol. The zero-order valence-corrected chi connectivity index (χ0v) is 14.2. The maximum Gasteiger partial charge on any atom is 0.281 e. The van der Waals surface area contributed by atoms with Crippen molar-refractivity contribution < 1.29 is 19.6 Å². The third kappa shape index (κ3) is 2.46. The Morgan fingerprint density at radius 2 is 1.77 bits per heavy atom. The van der Waals surface area contributed by atoms with E-state index in [0.717, 1.165) is 18.6 Å². The van der Waals surface area contributed by atoms with Crippen molar-refractivity contribution in [1.82, 2.24) is 0 Å². The number of fused-ring (bicyclic) bond motifs is 2. The molecule has 0 amide bonds. The van der Waals surface area contributed by atoms with Crippen LogP contribution < -0.4 is 11.1 Å². The lowest BCUT2D eigenvalue weighted by atomic mass is 9.81. The summed E-state index contributed by atoms with van der Waals surface area (Å²) in [6.45, 7) is 3.87. The molecular formula is C18H17N3O5. The molecule has 134 valence electrons. The third-order valence-corrected chi connectivity index (χ3v) is 4.52. The summed E-state index contributed by atoms with van der Waals surface area (Å²) in [5.41, 5.74) is 4.98. The molecule has 0 heterocycles. The number of ketones is 2. The van der Waals surface area contributed by atoms with Crippen molar-refractivity contribution >= 4 is 28.6 Å². The van der Waals surface area contributed by atoms with Gasteiger partial charge in [0, 0.05) is 23.5 Å². The summed E-state index contributed by atoms with van der Waals surface area (Å²) in [4.78, 5) is 36.6. The van der Waals surface area contributed by atoms with E-state index in [-0.39, 0.29) is 28.4 Å². The van der Waals surface area contributed by atoms with Gasteiger partial charge in [-0.3, -0.25) is 19.7 Å². The van der Waals surface area contributed by atoms with Gasteiger partial charge in [0.1, 0.15) is 11.3 Å². The average molecular weight is 355 g/mol. The number of carbonyl (C=O) groups is 2. The van der Waals surface area contributed by atoms with E-state index in [0.29, 0.717) is 5.69 Å². The molecule has 0 aliphatic heterocycles. The van der Waals surface area contributed by atoms with Gasteiger partial charge in [0.15, 0.2) is 0 Å². The normalized spacial score (nSPS) is 13.8. The molecule has 1 atom stereocenters. The van der Waals surface area contributed by atoms with Gasteiger partial charge < -0.3 is 16.2 Å². The number of nitrogens with zero attached hydrogens (tertiary/aromatic N) is 1. The maximum atomic E-state index is 13.1. The summed E-state index contributed by atoms with van der Waals surface area (Å²) in [6, 6.07) is 5.13. The highest BCUT2D eigenvalue weighted by Crippen LogP contribution is 2.42. The van der Waals surface area contributed by atoms with Gasteiger partial charge in [0.25, 0.3) is 5.69 Å². The molecule has 8 nitrogen and oxygen atoms in total. The van der Waals surface area contributed by atoms with Gasteiger partial charge in [-0.25, -0.2) is 0 Å². The number of nitrogens with two attached hydrogens (primary N) is 1. The Kier molecular flexibility index (Phi) is 4.11. The highest BCUT2D eigenvalue weighted by molar-refractivity contribution is 6.33. The molecule has 2 aromatic rings. The van der Waals surface area contributed by atoms with Crippen molar-refractivity contribution in [3.05, 3.63) is 56.6 Å². The monoisotopic (exact) mass is 355 g/mol. The summed E-state index contributed by atoms with van der Waals surface area (Å²) in [6.07, 6.45) is 0.772. The number of hydrogen-bond donors (Lipinski definition) is 3. The van der Waals surface area contributed by atoms with E-state index >= 15 is 0 Å². The van der Waals surface area contributed by atoms with Gasteiger partial charge in [0.05, 0.1) is 21.6 Å². The molecule has 0 aromatic heterocycles. The molecule has 2 aromatic carbocycles. The van der Waals surface area contributed by atoms with Gasteiger partial charge >= 0.3 is 0 Å². The van der Waals surface area contributed by atoms with Crippen molar-refractivity contribution in [3.63, 3.8) is 0 Å². The van der Waals surface area contributed by atoms with Crippen LogP contribution in [0.25, 0.3) is 0 Å². The largest absolute Gasteiger partial charge is 0.507 e. The molecule has 0 saturated heterocycles. The molecule has 0 spiro atoms. The van der Waals surface area contributed by atoms with Gasteiger partial charge in [-0.15, -0.1) is 0 Å². The molecule has 1 aliphatic rings. The van der Waals surface area contributed by atoms with Gasteiger partial charge in [-0.05, 0) is 31.5 Å². The number of nitrogens with one attached hydrogen (secondary N) is 1. The van der Waals surface area contributed by atoms with E-state index in [1.54, 1.807) is 6.07 Å². The summed E-state index contributed by atoms with van der Waals surface area (Å²) in [5, 5.41) is 24.6. The first-order chi connectivity index (χ1) is 12.3. The lowest BCUT2D eigenvalue weighted by Gasteiger charge is -2.24. The Hall–Kier alpha value is -3.42. The number of anilines is 2. The lowest BCUT2D eigenvalue weighted by Crippen LogP contribution is -2.26. The van der Waals surface area contributed by atoms with Gasteiger partial charge in [0.2, 0.25) is 11.6 Å². The quantitative estimate of drug-likeness (QED) is 0.372. The first-order valence-corrected chi connectivity index (χ1v) is 8.06. The Bertz CT molecular complexity index is 968. The molecular weight excluding hydrogens is 338 g/mol. The third-order valence-electron chi connectivity index (χ3n) is 4.52. The smallest absolute Gasteiger partial charge is 0.281 e. The van der Waals surface area contributed by atoms with E-state index in [9.17, 15) is 24.8 Å². The first-order valence-electron chi connectivity index (χ1n) is 8.06. The number of hydrogen-bond acceptors (Lipinski definition) is 7. The Balaban J connectivity index is 2.33. The number of rotatable bonds is 4. The molecule has 0 bridgehead atoms. The minimum Gasteiger partial charge on any atom is -0.507 e. The summed E-state index contributed by atoms with van der Waals surface area (Å²) >= 11 is 0. The van der Waals surface area contributed by atoms with Crippen LogP contribution in [0.15, 0.2) is 24.3 Å². The number of phenolic OH excluding ortho intramolecular Hbond substituents is 1. The average Bonchev–Trinajstić information content (AvgIpc) is 2.60. The zero-order valence-electron chi connectivity index (χ0n) is 14.2. The predicted octanol–water partition coefficient (Wildman–Crippen LogP) is 2.87. The van der Waals surface area contributed by atoms with Crippen molar-refractivity contribution in [2.24, 2.45) is 0 Å². The van der Waals surface area contributed by atoms with E-state index < -0.39 is 33.5 Å². The van der Waals surface area contributed by atoms with Crippen LogP contribution in [0.2, 0.25) is 0 Å². The van der Waals surface area contributed by atoms with Gasteiger partial charge in [-0.2, -0.15) is 0 Å². The minimum atomic E-state index is -0.758. The molecule has 3 rings (SSSR count). The molecule has 1 aliphatic carbocycles. The molecule has 0 fully saturated rings. The SMILES string of the molecule is CC[C@H](C)Nc1ccc(N)c2c1C(=O)c1c(O)ccc([N+](=O)[O-])c1C2=O. The number of nitro groups is 1. The van der Waals surface area contributed by atoms with Crippen LogP contribution in [0.3, 0.4) is 0 Å². The number of phenols is 1. The van der Waals surface area contributed by atoms with Crippen LogP contribution >= 0.6 is 0 Å². The number of aromatic hydroxyl groups is 1. The first kappa shape index (κ1) is 17.4. The molecule has 26 heavy (non-hydrogen) atoms. The summed E-state index contributed by atoms with van der Waals surface area (Å²) in [5.74, 6) is -1.90. The number of benzene rings is 2. The second-order valence-corrected chi connectivity index (χ2v) is 6.18. The van der Waals surface area contributed by atoms with E-state index in [4.69, 9.17) is 5.73 Å². The van der Waals surface area contributed by atoms with Gasteiger partial charge in [-0.1, -0.05) is 6.92 Å². The Morgan fingerprint density at radius 1 is 1.12 bits per heavy atom. The van der Waals surface area contributed by atoms with Crippen LogP contribution in [0, 0.1) is 10.1 Å². The maximum absolute atomic E-state index is 13.1. The fraction of sp³-hybridized carbons (Fsp3) is 0.222. The fourth-order valence-corrected chi connectivity index (χ4v) is 3.03. The van der Waals surface area contributed by atoms with Crippen LogP contribution in [0.4, 0.5) is 17.1 Å². The fourth-order valence-electron chi connectivity index (χ4n) is 3.03. The standard InChI is InChI=1S/C18H17N3O5/c1-3-8(2)20-10-5-4-9(19)13-14(10)18(24)16-12(22)7-6-11(21(25)26)15(16)17(13)23/h4-8,20,22H,3,19H2,1-2H3/t8-/m0/s1. The highest BCUT2D eigenvalue weighted by Gasteiger charge is 2.40. The number of nitro benzene ring substituents is 1. The van der Waals surface area contributed by atoms with Crippen LogP contribution in [0.1, 0.15) is 52.1 Å².